The van der Waals surface area contributed by atoms with Crippen LogP contribution >= 0.6 is 0 Å². The van der Waals surface area contributed by atoms with Crippen LogP contribution in [0.2, 0.25) is 0 Å². The molecule has 0 saturated heterocycles. The molecule has 7 nitrogen and oxygen atoms in total. The average Bonchev–Trinajstić information content (AvgIpc) is 2.83. The number of pyridine rings is 1. The van der Waals surface area contributed by atoms with Crippen LogP contribution in [-0.4, -0.2) is 16.5 Å². The summed E-state index contributed by atoms with van der Waals surface area (Å²) in [5.74, 6) is -0.257. The number of aryl methyl sites for hydroxylation is 1. The highest BCUT2D eigenvalue weighted by atomic mass is 16.6. The Morgan fingerprint density at radius 1 is 1.25 bits per heavy atom. The van der Waals surface area contributed by atoms with E-state index in [2.05, 4.69) is 5.10 Å². The highest BCUT2D eigenvalue weighted by molar-refractivity contribution is 6.32. The monoisotopic (exact) mass is 323 g/mol. The van der Waals surface area contributed by atoms with E-state index >= 15 is 0 Å². The molecule has 0 fully saturated rings. The lowest BCUT2D eigenvalue weighted by Gasteiger charge is -2.11. The van der Waals surface area contributed by atoms with E-state index in [0.717, 1.165) is 5.56 Å². The first-order valence-corrected chi connectivity index (χ1v) is 7.27. The largest absolute Gasteiger partial charge is 0.280 e. The van der Waals surface area contributed by atoms with Crippen molar-refractivity contribution in [2.24, 2.45) is 12.1 Å². The van der Waals surface area contributed by atoms with Crippen LogP contribution in [0.3, 0.4) is 0 Å². The molecule has 1 aliphatic heterocycles. The Labute approximate surface area is 138 Å². The fourth-order valence-electron chi connectivity index (χ4n) is 2.44. The van der Waals surface area contributed by atoms with E-state index in [9.17, 15) is 14.9 Å². The van der Waals surface area contributed by atoms with Crippen molar-refractivity contribution in [3.05, 3.63) is 70.0 Å². The summed E-state index contributed by atoms with van der Waals surface area (Å²) in [6.07, 6.45) is 5.59. The van der Waals surface area contributed by atoms with Gasteiger partial charge in [0.25, 0.3) is 11.6 Å². The van der Waals surface area contributed by atoms with Crippen LogP contribution in [0.5, 0.6) is 0 Å². The number of anilines is 1. The number of nitro groups is 1. The summed E-state index contributed by atoms with van der Waals surface area (Å²) in [4.78, 5) is 22.9. The highest BCUT2D eigenvalue weighted by Crippen LogP contribution is 2.26. The molecule has 0 radical (unpaired) electrons. The van der Waals surface area contributed by atoms with E-state index in [1.165, 1.54) is 29.3 Å². The number of non-ortho nitro benzene ring substituents is 1. The molecular formula is C17H15N4O3+. The predicted octanol–water partition coefficient (Wildman–Crippen LogP) is 2.23. The standard InChI is InChI=1S/C17H15N4O3/c1-12-16(10-13-4-3-9-19(2)11-13)17(22)20(18-12)14-5-7-15(8-6-14)21(23)24/h3-11H,1-2H3/q+1/b16-10+. The molecule has 2 aromatic rings. The Balaban J connectivity index is 1.91. The maximum absolute atomic E-state index is 12.6. The van der Waals surface area contributed by atoms with Gasteiger partial charge < -0.3 is 0 Å². The fourth-order valence-corrected chi connectivity index (χ4v) is 2.44. The van der Waals surface area contributed by atoms with Gasteiger partial charge in [-0.3, -0.25) is 14.9 Å². The molecule has 0 aliphatic carbocycles. The minimum atomic E-state index is -0.481. The second-order valence-electron chi connectivity index (χ2n) is 5.44. The Morgan fingerprint density at radius 3 is 2.58 bits per heavy atom. The van der Waals surface area contributed by atoms with Gasteiger partial charge in [-0.25, -0.2) is 4.57 Å². The van der Waals surface area contributed by atoms with E-state index in [1.807, 2.05) is 36.1 Å². The van der Waals surface area contributed by atoms with Crippen LogP contribution in [0.4, 0.5) is 11.4 Å². The summed E-state index contributed by atoms with van der Waals surface area (Å²) < 4.78 is 1.90. The topological polar surface area (TPSA) is 79.7 Å². The maximum Gasteiger partial charge on any atom is 0.280 e. The lowest BCUT2D eigenvalue weighted by Crippen LogP contribution is -2.26. The molecule has 1 aromatic carbocycles. The first-order chi connectivity index (χ1) is 11.5. The number of benzene rings is 1. The van der Waals surface area contributed by atoms with Gasteiger partial charge in [0.2, 0.25) is 0 Å². The van der Waals surface area contributed by atoms with Crippen molar-refractivity contribution >= 4 is 29.1 Å². The summed E-state index contributed by atoms with van der Waals surface area (Å²) in [5, 5.41) is 16.2. The molecule has 0 atom stereocenters. The molecule has 0 unspecified atom stereocenters. The van der Waals surface area contributed by atoms with Crippen LogP contribution in [0.15, 0.2) is 59.5 Å². The highest BCUT2D eigenvalue weighted by Gasteiger charge is 2.29. The normalized spacial score (nSPS) is 15.8. The van der Waals surface area contributed by atoms with Crippen LogP contribution in [-0.2, 0) is 11.8 Å². The van der Waals surface area contributed by atoms with Crippen LogP contribution < -0.4 is 9.58 Å². The average molecular weight is 323 g/mol. The van der Waals surface area contributed by atoms with Gasteiger partial charge >= 0.3 is 0 Å². The van der Waals surface area contributed by atoms with Crippen molar-refractivity contribution in [2.75, 3.05) is 5.01 Å². The lowest BCUT2D eigenvalue weighted by atomic mass is 10.1. The number of nitrogens with zero attached hydrogens (tertiary/aromatic N) is 4. The number of amides is 1. The molecule has 24 heavy (non-hydrogen) atoms. The first kappa shape index (κ1) is 15.5. The zero-order valence-electron chi connectivity index (χ0n) is 13.2. The van der Waals surface area contributed by atoms with E-state index in [1.54, 1.807) is 13.0 Å². The molecular weight excluding hydrogens is 308 g/mol. The van der Waals surface area contributed by atoms with E-state index in [-0.39, 0.29) is 11.6 Å². The van der Waals surface area contributed by atoms with Gasteiger partial charge in [0.05, 0.1) is 21.9 Å². The van der Waals surface area contributed by atoms with Crippen LogP contribution in [0.1, 0.15) is 12.5 Å². The fraction of sp³-hybridized carbons (Fsp3) is 0.118. The number of hydrazone groups is 1. The third kappa shape index (κ3) is 2.91. The minimum absolute atomic E-state index is 0.0290. The Kier molecular flexibility index (Phi) is 3.91. The van der Waals surface area contributed by atoms with E-state index in [0.29, 0.717) is 17.0 Å². The Bertz CT molecular complexity index is 885. The van der Waals surface area contributed by atoms with Gasteiger partial charge in [-0.05, 0) is 31.2 Å². The van der Waals surface area contributed by atoms with Gasteiger partial charge in [0, 0.05) is 23.8 Å². The second-order valence-corrected chi connectivity index (χ2v) is 5.44. The molecule has 3 rings (SSSR count). The van der Waals surface area contributed by atoms with E-state index in [4.69, 9.17) is 0 Å². The summed E-state index contributed by atoms with van der Waals surface area (Å²) in [6, 6.07) is 9.53. The summed E-state index contributed by atoms with van der Waals surface area (Å²) in [5.41, 5.74) is 2.46. The van der Waals surface area contributed by atoms with E-state index < -0.39 is 4.92 Å². The molecule has 1 amide bonds. The quantitative estimate of drug-likeness (QED) is 0.376. The lowest BCUT2D eigenvalue weighted by molar-refractivity contribution is -0.671. The molecule has 1 aliphatic rings. The Hall–Kier alpha value is -3.35. The first-order valence-electron chi connectivity index (χ1n) is 7.27. The minimum Gasteiger partial charge on any atom is -0.267 e. The van der Waals surface area contributed by atoms with Gasteiger partial charge in [-0.2, -0.15) is 10.1 Å². The van der Waals surface area contributed by atoms with Crippen molar-refractivity contribution in [3.8, 4) is 0 Å². The third-order valence-corrected chi connectivity index (χ3v) is 3.64. The number of nitro benzene ring substituents is 1. The molecule has 0 saturated carbocycles. The van der Waals surface area contributed by atoms with Gasteiger partial charge in [0.1, 0.15) is 7.05 Å². The Morgan fingerprint density at radius 2 is 1.96 bits per heavy atom. The molecule has 1 aromatic heterocycles. The summed E-state index contributed by atoms with van der Waals surface area (Å²) in [6.45, 7) is 1.76. The summed E-state index contributed by atoms with van der Waals surface area (Å²) in [7, 11) is 1.91. The van der Waals surface area contributed by atoms with Crippen molar-refractivity contribution < 1.29 is 14.3 Å². The van der Waals surface area contributed by atoms with Gasteiger partial charge in [-0.15, -0.1) is 0 Å². The molecule has 0 N–H and O–H groups in total. The number of aromatic nitrogens is 1. The zero-order chi connectivity index (χ0) is 17.3. The molecule has 0 bridgehead atoms. The van der Waals surface area contributed by atoms with Gasteiger partial charge in [0.15, 0.2) is 12.4 Å². The van der Waals surface area contributed by atoms with Crippen molar-refractivity contribution in [3.63, 3.8) is 0 Å². The smallest absolute Gasteiger partial charge is 0.267 e. The van der Waals surface area contributed by atoms with Crippen LogP contribution in [0.25, 0.3) is 6.08 Å². The molecule has 7 heteroatoms. The van der Waals surface area contributed by atoms with Crippen molar-refractivity contribution in [1.29, 1.82) is 0 Å². The number of hydrogen-bond donors (Lipinski definition) is 0. The number of hydrogen-bond acceptors (Lipinski definition) is 4. The summed E-state index contributed by atoms with van der Waals surface area (Å²) >= 11 is 0. The number of rotatable bonds is 3. The molecule has 0 spiro atoms. The maximum atomic E-state index is 12.6. The zero-order valence-corrected chi connectivity index (χ0v) is 13.2. The molecule has 120 valence electrons. The van der Waals surface area contributed by atoms with Crippen LogP contribution in [0, 0.1) is 10.1 Å². The van der Waals surface area contributed by atoms with Crippen molar-refractivity contribution in [1.82, 2.24) is 0 Å². The van der Waals surface area contributed by atoms with Gasteiger partial charge in [-0.1, -0.05) is 0 Å². The number of carbonyl (C=O) groups is 1. The van der Waals surface area contributed by atoms with Crippen molar-refractivity contribution in [2.45, 2.75) is 6.92 Å². The molecule has 2 heterocycles. The SMILES string of the molecule is CC1=NN(c2ccc([N+](=O)[O-])cc2)C(=O)/C1=C/c1ccc[n+](C)c1. The third-order valence-electron chi connectivity index (χ3n) is 3.64. The second kappa shape index (κ2) is 6.04. The predicted molar refractivity (Wildman–Crippen MR) is 89.3 cm³/mol. The number of carbonyl (C=O) groups excluding carboxylic acids is 1.